The van der Waals surface area contributed by atoms with Crippen LogP contribution in [0.5, 0.6) is 0 Å². The van der Waals surface area contributed by atoms with Crippen LogP contribution < -0.4 is 0 Å². The fourth-order valence-corrected chi connectivity index (χ4v) is 3.71. The highest BCUT2D eigenvalue weighted by Crippen LogP contribution is 2.33. The van der Waals surface area contributed by atoms with Crippen LogP contribution in [0.2, 0.25) is 0 Å². The van der Waals surface area contributed by atoms with Gasteiger partial charge in [-0.1, -0.05) is 6.07 Å². The number of fused-ring (bicyclic) bond motifs is 1. The van der Waals surface area contributed by atoms with Gasteiger partial charge in [0.1, 0.15) is 0 Å². The highest BCUT2D eigenvalue weighted by atomic mass is 32.1. The van der Waals surface area contributed by atoms with E-state index >= 15 is 0 Å². The van der Waals surface area contributed by atoms with E-state index in [0.717, 1.165) is 23.4 Å². The number of aryl methyl sites for hydroxylation is 2. The lowest BCUT2D eigenvalue weighted by Crippen LogP contribution is -2.09. The van der Waals surface area contributed by atoms with Crippen LogP contribution in [0.1, 0.15) is 45.1 Å². The lowest BCUT2D eigenvalue weighted by atomic mass is 10.0. The first-order valence-electron chi connectivity index (χ1n) is 6.32. The molecular formula is C15H15NOS. The molecule has 0 fully saturated rings. The summed E-state index contributed by atoms with van der Waals surface area (Å²) in [7, 11) is 0. The van der Waals surface area contributed by atoms with Crippen LogP contribution in [-0.2, 0) is 12.8 Å². The molecule has 0 radical (unpaired) electrons. The van der Waals surface area contributed by atoms with Gasteiger partial charge in [0.15, 0.2) is 5.78 Å². The Morgan fingerprint density at radius 3 is 3.00 bits per heavy atom. The summed E-state index contributed by atoms with van der Waals surface area (Å²) in [6.45, 7) is 1.94. The summed E-state index contributed by atoms with van der Waals surface area (Å²) >= 11 is 1.68. The van der Waals surface area contributed by atoms with Gasteiger partial charge >= 0.3 is 0 Å². The average Bonchev–Trinajstić information content (AvgIpc) is 2.99. The van der Waals surface area contributed by atoms with Crippen LogP contribution in [0.4, 0.5) is 0 Å². The predicted octanol–water partition coefficient (Wildman–Crippen LogP) is 3.62. The second-order valence-corrected chi connectivity index (χ2v) is 5.89. The molecule has 1 aliphatic rings. The molecule has 3 rings (SSSR count). The van der Waals surface area contributed by atoms with Crippen molar-refractivity contribution < 1.29 is 4.79 Å². The Labute approximate surface area is 111 Å². The largest absolute Gasteiger partial charge is 0.293 e. The molecule has 1 aliphatic carbocycles. The minimum Gasteiger partial charge on any atom is -0.293 e. The lowest BCUT2D eigenvalue weighted by molar-refractivity contribution is 0.0968. The first-order chi connectivity index (χ1) is 8.75. The van der Waals surface area contributed by atoms with Crippen molar-refractivity contribution in [2.24, 2.45) is 0 Å². The molecule has 2 aromatic rings. The second kappa shape index (κ2) is 4.65. The van der Waals surface area contributed by atoms with E-state index in [0.29, 0.717) is 0 Å². The van der Waals surface area contributed by atoms with Gasteiger partial charge in [-0.15, -0.1) is 11.3 Å². The molecule has 1 unspecified atom stereocenters. The zero-order valence-corrected chi connectivity index (χ0v) is 11.2. The summed E-state index contributed by atoms with van der Waals surface area (Å²) in [5.41, 5.74) is 2.24. The number of aromatic nitrogens is 1. The molecule has 2 nitrogen and oxygen atoms in total. The summed E-state index contributed by atoms with van der Waals surface area (Å²) in [4.78, 5) is 19.0. The van der Waals surface area contributed by atoms with E-state index in [1.54, 1.807) is 17.5 Å². The van der Waals surface area contributed by atoms with Crippen molar-refractivity contribution in [2.75, 3.05) is 0 Å². The number of hydrogen-bond donors (Lipinski definition) is 0. The van der Waals surface area contributed by atoms with E-state index in [1.165, 1.54) is 16.9 Å². The first-order valence-corrected chi connectivity index (χ1v) is 7.14. The van der Waals surface area contributed by atoms with Crippen molar-refractivity contribution in [1.29, 1.82) is 0 Å². The number of hydrogen-bond acceptors (Lipinski definition) is 3. The van der Waals surface area contributed by atoms with Crippen molar-refractivity contribution >= 4 is 17.1 Å². The minimum atomic E-state index is -0.148. The summed E-state index contributed by atoms with van der Waals surface area (Å²) in [6, 6.07) is 7.82. The number of carbonyl (C=O) groups excluding carboxylic acids is 1. The van der Waals surface area contributed by atoms with Gasteiger partial charge in [-0.25, -0.2) is 0 Å². The molecule has 0 saturated carbocycles. The lowest BCUT2D eigenvalue weighted by Gasteiger charge is -2.07. The second-order valence-electron chi connectivity index (χ2n) is 4.75. The molecule has 92 valence electrons. The van der Waals surface area contributed by atoms with E-state index in [1.807, 2.05) is 25.1 Å². The molecule has 2 aromatic heterocycles. The van der Waals surface area contributed by atoms with Gasteiger partial charge in [0.25, 0.3) is 0 Å². The van der Waals surface area contributed by atoms with Gasteiger partial charge in [0.05, 0.1) is 16.5 Å². The third-order valence-corrected chi connectivity index (χ3v) is 4.77. The number of carbonyl (C=O) groups is 1. The summed E-state index contributed by atoms with van der Waals surface area (Å²) < 4.78 is 0. The molecule has 0 bridgehead atoms. The summed E-state index contributed by atoms with van der Waals surface area (Å²) in [5, 5.41) is 0. The molecule has 1 atom stereocenters. The number of thiophene rings is 1. The molecule has 0 saturated heterocycles. The van der Waals surface area contributed by atoms with Crippen molar-refractivity contribution in [2.45, 2.75) is 32.1 Å². The van der Waals surface area contributed by atoms with E-state index < -0.39 is 0 Å². The van der Waals surface area contributed by atoms with Gasteiger partial charge in [-0.2, -0.15) is 0 Å². The average molecular weight is 257 g/mol. The zero-order valence-electron chi connectivity index (χ0n) is 10.3. The third-order valence-electron chi connectivity index (χ3n) is 3.51. The van der Waals surface area contributed by atoms with Gasteiger partial charge in [0.2, 0.25) is 0 Å². The smallest absolute Gasteiger partial charge is 0.181 e. The van der Waals surface area contributed by atoms with Gasteiger partial charge in [0, 0.05) is 11.1 Å². The zero-order chi connectivity index (χ0) is 12.5. The molecule has 2 heterocycles. The molecule has 18 heavy (non-hydrogen) atoms. The summed E-state index contributed by atoms with van der Waals surface area (Å²) in [5.74, 6) is 0.0538. The van der Waals surface area contributed by atoms with Gasteiger partial charge < -0.3 is 0 Å². The maximum atomic E-state index is 12.4. The fraction of sp³-hybridized carbons (Fsp3) is 0.333. The van der Waals surface area contributed by atoms with Crippen LogP contribution >= 0.6 is 11.3 Å². The predicted molar refractivity (Wildman–Crippen MR) is 73.3 cm³/mol. The number of ketones is 1. The van der Waals surface area contributed by atoms with Crippen LogP contribution in [0.15, 0.2) is 30.5 Å². The number of Topliss-reactive ketones (excluding diaryl/α,β-unsaturated/α-hetero) is 1. The Balaban J connectivity index is 1.86. The normalized spacial score (nSPS) is 15.4. The molecule has 0 spiro atoms. The standard InChI is InChI=1S/C15H15NOS/c1-10(12-6-2-3-8-16-12)15(17)14-9-11-5-4-7-13(11)18-14/h2-3,6,8-10H,4-5,7H2,1H3. The molecule has 0 N–H and O–H groups in total. The van der Waals surface area contributed by atoms with E-state index in [-0.39, 0.29) is 11.7 Å². The van der Waals surface area contributed by atoms with Crippen molar-refractivity contribution in [3.63, 3.8) is 0 Å². The Morgan fingerprint density at radius 1 is 1.39 bits per heavy atom. The fourth-order valence-electron chi connectivity index (χ4n) is 2.43. The van der Waals surface area contributed by atoms with Crippen LogP contribution in [0.25, 0.3) is 0 Å². The monoisotopic (exact) mass is 257 g/mol. The Kier molecular flexibility index (Phi) is 3.00. The van der Waals surface area contributed by atoms with E-state index in [4.69, 9.17) is 0 Å². The molecule has 0 aromatic carbocycles. The van der Waals surface area contributed by atoms with E-state index in [9.17, 15) is 4.79 Å². The van der Waals surface area contributed by atoms with Crippen molar-refractivity contribution in [1.82, 2.24) is 4.98 Å². The van der Waals surface area contributed by atoms with E-state index in [2.05, 4.69) is 11.1 Å². The van der Waals surface area contributed by atoms with Crippen LogP contribution in [0, 0.1) is 0 Å². The Bertz CT molecular complexity index is 552. The minimum absolute atomic E-state index is 0.148. The van der Waals surface area contributed by atoms with Gasteiger partial charge in [-0.3, -0.25) is 9.78 Å². The maximum absolute atomic E-state index is 12.4. The summed E-state index contributed by atoms with van der Waals surface area (Å²) in [6.07, 6.45) is 5.27. The third kappa shape index (κ3) is 1.99. The molecular weight excluding hydrogens is 242 g/mol. The quantitative estimate of drug-likeness (QED) is 0.786. The number of rotatable bonds is 3. The SMILES string of the molecule is CC(C(=O)c1cc2c(s1)CCC2)c1ccccn1. The first kappa shape index (κ1) is 11.6. The topological polar surface area (TPSA) is 30.0 Å². The van der Waals surface area contributed by atoms with Crippen LogP contribution in [-0.4, -0.2) is 10.8 Å². The number of pyridine rings is 1. The molecule has 0 amide bonds. The van der Waals surface area contributed by atoms with Crippen LogP contribution in [0.3, 0.4) is 0 Å². The number of nitrogens with zero attached hydrogens (tertiary/aromatic N) is 1. The molecule has 3 heteroatoms. The maximum Gasteiger partial charge on any atom is 0.181 e. The Morgan fingerprint density at radius 2 is 2.28 bits per heavy atom. The van der Waals surface area contributed by atoms with Crippen molar-refractivity contribution in [3.8, 4) is 0 Å². The highest BCUT2D eigenvalue weighted by Gasteiger charge is 2.23. The van der Waals surface area contributed by atoms with Gasteiger partial charge in [-0.05, 0) is 49.9 Å². The highest BCUT2D eigenvalue weighted by molar-refractivity contribution is 7.14. The molecule has 0 aliphatic heterocycles. The van der Waals surface area contributed by atoms with Crippen molar-refractivity contribution in [3.05, 3.63) is 51.5 Å². The Hall–Kier alpha value is -1.48.